The molecule has 1 aliphatic heterocycles. The molecular weight excluding hydrogens is 264 g/mol. The standard InChI is InChI=1S/C17H26N2O2/c1-17(2,3)13-8-6-12(7-9-13)15(16(18)20)19-11-14-5-4-10-21-14/h6-9,14-15,19H,4-5,10-11H2,1-3H3,(H2,18,20). The van der Waals surface area contributed by atoms with Gasteiger partial charge in [-0.15, -0.1) is 0 Å². The molecule has 1 heterocycles. The van der Waals surface area contributed by atoms with Crippen LogP contribution in [0.3, 0.4) is 0 Å². The Kier molecular flexibility index (Phi) is 5.01. The summed E-state index contributed by atoms with van der Waals surface area (Å²) in [6.45, 7) is 7.98. The zero-order valence-corrected chi connectivity index (χ0v) is 13.2. The molecular formula is C17H26N2O2. The number of rotatable bonds is 5. The van der Waals surface area contributed by atoms with Crippen LogP contribution in [0.25, 0.3) is 0 Å². The second-order valence-corrected chi connectivity index (χ2v) is 6.75. The molecule has 2 rings (SSSR count). The van der Waals surface area contributed by atoms with Gasteiger partial charge in [-0.25, -0.2) is 0 Å². The summed E-state index contributed by atoms with van der Waals surface area (Å²) in [5.41, 5.74) is 7.79. The highest BCUT2D eigenvalue weighted by Crippen LogP contribution is 2.24. The Labute approximate surface area is 127 Å². The number of carbonyl (C=O) groups excluding carboxylic acids is 1. The first-order valence-electron chi connectivity index (χ1n) is 7.62. The van der Waals surface area contributed by atoms with E-state index in [0.717, 1.165) is 25.0 Å². The van der Waals surface area contributed by atoms with Gasteiger partial charge in [-0.1, -0.05) is 45.0 Å². The molecule has 1 fully saturated rings. The van der Waals surface area contributed by atoms with Gasteiger partial charge in [-0.2, -0.15) is 0 Å². The van der Waals surface area contributed by atoms with E-state index in [0.29, 0.717) is 6.54 Å². The summed E-state index contributed by atoms with van der Waals surface area (Å²) in [7, 11) is 0. The first-order valence-corrected chi connectivity index (χ1v) is 7.62. The normalized spacial score (nSPS) is 20.4. The van der Waals surface area contributed by atoms with Crippen molar-refractivity contribution in [1.29, 1.82) is 0 Å². The summed E-state index contributed by atoms with van der Waals surface area (Å²) in [6.07, 6.45) is 2.33. The maximum Gasteiger partial charge on any atom is 0.239 e. The summed E-state index contributed by atoms with van der Waals surface area (Å²) < 4.78 is 5.57. The van der Waals surface area contributed by atoms with Crippen LogP contribution in [0.15, 0.2) is 24.3 Å². The highest BCUT2D eigenvalue weighted by molar-refractivity contribution is 5.81. The van der Waals surface area contributed by atoms with Gasteiger partial charge in [0.2, 0.25) is 5.91 Å². The monoisotopic (exact) mass is 290 g/mol. The van der Waals surface area contributed by atoms with Gasteiger partial charge in [0, 0.05) is 13.2 Å². The Balaban J connectivity index is 2.05. The molecule has 0 bridgehead atoms. The molecule has 1 aliphatic rings. The highest BCUT2D eigenvalue weighted by Gasteiger charge is 2.22. The third kappa shape index (κ3) is 4.29. The Morgan fingerprint density at radius 1 is 1.38 bits per heavy atom. The predicted molar refractivity (Wildman–Crippen MR) is 84.1 cm³/mol. The van der Waals surface area contributed by atoms with Crippen LogP contribution in [0.2, 0.25) is 0 Å². The Morgan fingerprint density at radius 3 is 2.52 bits per heavy atom. The molecule has 0 radical (unpaired) electrons. The maximum atomic E-state index is 11.7. The Hall–Kier alpha value is -1.39. The lowest BCUT2D eigenvalue weighted by Gasteiger charge is -2.22. The lowest BCUT2D eigenvalue weighted by atomic mass is 9.86. The van der Waals surface area contributed by atoms with Gasteiger partial charge in [0.25, 0.3) is 0 Å². The Bertz CT molecular complexity index is 471. The molecule has 1 aromatic rings. The van der Waals surface area contributed by atoms with Crippen molar-refractivity contribution in [2.75, 3.05) is 13.2 Å². The number of hydrogen-bond acceptors (Lipinski definition) is 3. The van der Waals surface area contributed by atoms with Gasteiger partial charge in [0.1, 0.15) is 6.04 Å². The largest absolute Gasteiger partial charge is 0.377 e. The van der Waals surface area contributed by atoms with Crippen LogP contribution in [0.4, 0.5) is 0 Å². The van der Waals surface area contributed by atoms with E-state index in [4.69, 9.17) is 10.5 Å². The van der Waals surface area contributed by atoms with Crippen LogP contribution < -0.4 is 11.1 Å². The topological polar surface area (TPSA) is 64.3 Å². The summed E-state index contributed by atoms with van der Waals surface area (Å²) >= 11 is 0. The number of nitrogens with two attached hydrogens (primary N) is 1. The van der Waals surface area contributed by atoms with E-state index in [-0.39, 0.29) is 17.4 Å². The summed E-state index contributed by atoms with van der Waals surface area (Å²) in [6, 6.07) is 7.65. The molecule has 2 unspecified atom stereocenters. The highest BCUT2D eigenvalue weighted by atomic mass is 16.5. The second kappa shape index (κ2) is 6.58. The fourth-order valence-corrected chi connectivity index (χ4v) is 2.61. The van der Waals surface area contributed by atoms with E-state index >= 15 is 0 Å². The molecule has 1 saturated heterocycles. The van der Waals surface area contributed by atoms with Crippen LogP contribution in [0.5, 0.6) is 0 Å². The zero-order valence-electron chi connectivity index (χ0n) is 13.2. The van der Waals surface area contributed by atoms with E-state index in [1.165, 1.54) is 5.56 Å². The SMILES string of the molecule is CC(C)(C)c1ccc(C(NCC2CCCO2)C(N)=O)cc1. The number of benzene rings is 1. The van der Waals surface area contributed by atoms with Gasteiger partial charge in [0.15, 0.2) is 0 Å². The molecule has 116 valence electrons. The Morgan fingerprint density at radius 2 is 2.05 bits per heavy atom. The molecule has 1 amide bonds. The number of amides is 1. The fraction of sp³-hybridized carbons (Fsp3) is 0.588. The van der Waals surface area contributed by atoms with E-state index in [1.807, 2.05) is 12.1 Å². The molecule has 0 aromatic heterocycles. The molecule has 4 nitrogen and oxygen atoms in total. The van der Waals surface area contributed by atoms with Crippen molar-refractivity contribution in [2.24, 2.45) is 5.73 Å². The van der Waals surface area contributed by atoms with E-state index in [2.05, 4.69) is 38.2 Å². The summed E-state index contributed by atoms with van der Waals surface area (Å²) in [5.74, 6) is -0.350. The van der Waals surface area contributed by atoms with Crippen LogP contribution in [0, 0.1) is 0 Å². The van der Waals surface area contributed by atoms with E-state index in [1.54, 1.807) is 0 Å². The van der Waals surface area contributed by atoms with Gasteiger partial charge in [-0.05, 0) is 29.4 Å². The lowest BCUT2D eigenvalue weighted by molar-refractivity contribution is -0.120. The van der Waals surface area contributed by atoms with E-state index in [9.17, 15) is 4.79 Å². The minimum atomic E-state index is -0.455. The molecule has 3 N–H and O–H groups in total. The van der Waals surface area contributed by atoms with Crippen LogP contribution in [-0.2, 0) is 14.9 Å². The molecule has 21 heavy (non-hydrogen) atoms. The van der Waals surface area contributed by atoms with Crippen molar-refractivity contribution >= 4 is 5.91 Å². The molecule has 0 aliphatic carbocycles. The van der Waals surface area contributed by atoms with Crippen molar-refractivity contribution in [3.63, 3.8) is 0 Å². The van der Waals surface area contributed by atoms with Crippen molar-refractivity contribution in [3.8, 4) is 0 Å². The minimum Gasteiger partial charge on any atom is -0.377 e. The smallest absolute Gasteiger partial charge is 0.239 e. The zero-order chi connectivity index (χ0) is 15.5. The maximum absolute atomic E-state index is 11.7. The van der Waals surface area contributed by atoms with E-state index < -0.39 is 6.04 Å². The van der Waals surface area contributed by atoms with Crippen LogP contribution in [-0.4, -0.2) is 25.2 Å². The predicted octanol–water partition coefficient (Wildman–Crippen LogP) is 2.28. The first-order chi connectivity index (χ1) is 9.88. The molecule has 1 aromatic carbocycles. The van der Waals surface area contributed by atoms with Crippen molar-refractivity contribution < 1.29 is 9.53 Å². The molecule has 0 saturated carbocycles. The molecule has 2 atom stereocenters. The number of ether oxygens (including phenoxy) is 1. The summed E-state index contributed by atoms with van der Waals surface area (Å²) in [4.78, 5) is 11.7. The third-order valence-corrected chi connectivity index (χ3v) is 3.97. The fourth-order valence-electron chi connectivity index (χ4n) is 2.61. The van der Waals surface area contributed by atoms with Gasteiger partial charge in [-0.3, -0.25) is 10.1 Å². The van der Waals surface area contributed by atoms with Crippen LogP contribution in [0.1, 0.15) is 50.8 Å². The van der Waals surface area contributed by atoms with Gasteiger partial charge >= 0.3 is 0 Å². The lowest BCUT2D eigenvalue weighted by Crippen LogP contribution is -2.37. The second-order valence-electron chi connectivity index (χ2n) is 6.75. The van der Waals surface area contributed by atoms with Crippen molar-refractivity contribution in [3.05, 3.63) is 35.4 Å². The quantitative estimate of drug-likeness (QED) is 0.874. The van der Waals surface area contributed by atoms with Crippen molar-refractivity contribution in [2.45, 2.75) is 51.2 Å². The molecule has 0 spiro atoms. The number of hydrogen-bond donors (Lipinski definition) is 2. The number of carbonyl (C=O) groups is 1. The average molecular weight is 290 g/mol. The summed E-state index contributed by atoms with van der Waals surface area (Å²) in [5, 5.41) is 3.24. The first kappa shape index (κ1) is 16.0. The van der Waals surface area contributed by atoms with Gasteiger partial charge < -0.3 is 10.5 Å². The molecule has 4 heteroatoms. The number of primary amides is 1. The minimum absolute atomic E-state index is 0.103. The number of nitrogens with one attached hydrogen (secondary N) is 1. The van der Waals surface area contributed by atoms with Crippen molar-refractivity contribution in [1.82, 2.24) is 5.32 Å². The van der Waals surface area contributed by atoms with Crippen LogP contribution >= 0.6 is 0 Å². The third-order valence-electron chi connectivity index (χ3n) is 3.97. The average Bonchev–Trinajstić information content (AvgIpc) is 2.91. The van der Waals surface area contributed by atoms with Gasteiger partial charge in [0.05, 0.1) is 6.10 Å².